The Kier molecular flexibility index (Phi) is 4.51. The number of aliphatic carboxylic acids is 1. The zero-order chi connectivity index (χ0) is 13.2. The Hall–Kier alpha value is -1.10. The maximum Gasteiger partial charge on any atom is 0.332 e. The molecule has 0 aromatic carbocycles. The van der Waals surface area contributed by atoms with Gasteiger partial charge in [-0.1, -0.05) is 13.8 Å². The van der Waals surface area contributed by atoms with Gasteiger partial charge in [0, 0.05) is 13.1 Å². The van der Waals surface area contributed by atoms with E-state index in [1.807, 2.05) is 20.8 Å². The van der Waals surface area contributed by atoms with Crippen LogP contribution in [-0.2, 0) is 14.3 Å². The number of nitrogens with zero attached hydrogens (tertiary/aromatic N) is 1. The van der Waals surface area contributed by atoms with Crippen LogP contribution < -0.4 is 0 Å². The number of hydrogen-bond acceptors (Lipinski definition) is 3. The Morgan fingerprint density at radius 2 is 1.76 bits per heavy atom. The average Bonchev–Trinajstić information content (AvgIpc) is 2.75. The molecule has 1 rings (SSSR count). The van der Waals surface area contributed by atoms with E-state index in [-0.39, 0.29) is 11.9 Å². The molecule has 1 heterocycles. The molecule has 0 aromatic heterocycles. The fraction of sp³-hybridized carbons (Fsp3) is 0.833. The van der Waals surface area contributed by atoms with E-state index >= 15 is 0 Å². The highest BCUT2D eigenvalue weighted by molar-refractivity contribution is 5.82. The summed E-state index contributed by atoms with van der Waals surface area (Å²) in [6, 6.07) is 0.120. The molecular formula is C12H21NO4. The van der Waals surface area contributed by atoms with Crippen LogP contribution in [0.15, 0.2) is 0 Å². The molecular weight excluding hydrogens is 222 g/mol. The van der Waals surface area contributed by atoms with Crippen molar-refractivity contribution in [2.75, 3.05) is 7.05 Å². The van der Waals surface area contributed by atoms with Gasteiger partial charge in [0.1, 0.15) is 6.10 Å². The Morgan fingerprint density at radius 1 is 1.24 bits per heavy atom. The molecule has 17 heavy (non-hydrogen) atoms. The van der Waals surface area contributed by atoms with E-state index in [0.29, 0.717) is 18.8 Å². The van der Waals surface area contributed by atoms with Gasteiger partial charge in [-0.2, -0.15) is 0 Å². The number of carbonyl (C=O) groups excluding carboxylic acids is 1. The minimum absolute atomic E-state index is 0.116. The number of carboxylic acid groups (broad SMARTS) is 1. The molecule has 1 aliphatic rings. The summed E-state index contributed by atoms with van der Waals surface area (Å²) in [5.74, 6) is -0.740. The Labute approximate surface area is 102 Å². The smallest absolute Gasteiger partial charge is 0.332 e. The quantitative estimate of drug-likeness (QED) is 0.803. The predicted molar refractivity (Wildman–Crippen MR) is 62.6 cm³/mol. The third-order valence-electron chi connectivity index (χ3n) is 3.49. The summed E-state index contributed by atoms with van der Waals surface area (Å²) in [5, 5.41) is 8.80. The van der Waals surface area contributed by atoms with Crippen molar-refractivity contribution >= 4 is 11.9 Å². The highest BCUT2D eigenvalue weighted by Crippen LogP contribution is 2.22. The van der Waals surface area contributed by atoms with Crippen molar-refractivity contribution in [1.29, 1.82) is 0 Å². The van der Waals surface area contributed by atoms with Gasteiger partial charge < -0.3 is 14.7 Å². The SMILES string of the molecule is CC(C)C(C)N(C)C(=O)[C@@H]1CC[C@H](C(=O)O)O1. The molecule has 1 unspecified atom stereocenters. The van der Waals surface area contributed by atoms with Crippen molar-refractivity contribution < 1.29 is 19.4 Å². The summed E-state index contributed by atoms with van der Waals surface area (Å²) < 4.78 is 5.24. The molecule has 0 aromatic rings. The van der Waals surface area contributed by atoms with Gasteiger partial charge in [-0.3, -0.25) is 4.79 Å². The minimum Gasteiger partial charge on any atom is -0.479 e. The first-order valence-electron chi connectivity index (χ1n) is 5.99. The van der Waals surface area contributed by atoms with Gasteiger partial charge in [0.15, 0.2) is 6.10 Å². The van der Waals surface area contributed by atoms with Crippen LogP contribution in [0.25, 0.3) is 0 Å². The zero-order valence-corrected chi connectivity index (χ0v) is 10.8. The van der Waals surface area contributed by atoms with Crippen molar-refractivity contribution in [3.05, 3.63) is 0 Å². The van der Waals surface area contributed by atoms with Crippen LogP contribution in [0.5, 0.6) is 0 Å². The molecule has 1 N–H and O–H groups in total. The molecule has 3 atom stereocenters. The van der Waals surface area contributed by atoms with E-state index in [4.69, 9.17) is 9.84 Å². The first-order valence-corrected chi connectivity index (χ1v) is 5.99. The van der Waals surface area contributed by atoms with E-state index in [9.17, 15) is 9.59 Å². The van der Waals surface area contributed by atoms with Crippen LogP contribution in [0.2, 0.25) is 0 Å². The van der Waals surface area contributed by atoms with Crippen LogP contribution >= 0.6 is 0 Å². The molecule has 98 valence electrons. The van der Waals surface area contributed by atoms with Crippen molar-refractivity contribution in [2.24, 2.45) is 5.92 Å². The molecule has 0 radical (unpaired) electrons. The highest BCUT2D eigenvalue weighted by atomic mass is 16.5. The lowest BCUT2D eigenvalue weighted by atomic mass is 10.0. The van der Waals surface area contributed by atoms with Crippen LogP contribution in [0.3, 0.4) is 0 Å². The lowest BCUT2D eigenvalue weighted by molar-refractivity contribution is -0.155. The highest BCUT2D eigenvalue weighted by Gasteiger charge is 2.37. The fourth-order valence-corrected chi connectivity index (χ4v) is 1.88. The molecule has 5 nitrogen and oxygen atoms in total. The molecule has 0 bridgehead atoms. The van der Waals surface area contributed by atoms with Gasteiger partial charge in [0.05, 0.1) is 0 Å². The van der Waals surface area contributed by atoms with Crippen molar-refractivity contribution in [2.45, 2.75) is 51.9 Å². The summed E-state index contributed by atoms with van der Waals surface area (Å²) in [6.07, 6.45) is -0.519. The average molecular weight is 243 g/mol. The van der Waals surface area contributed by atoms with E-state index < -0.39 is 18.2 Å². The lowest BCUT2D eigenvalue weighted by Crippen LogP contribution is -2.44. The van der Waals surface area contributed by atoms with Crippen molar-refractivity contribution in [3.63, 3.8) is 0 Å². The summed E-state index contributed by atoms with van der Waals surface area (Å²) in [7, 11) is 1.74. The summed E-state index contributed by atoms with van der Waals surface area (Å²) >= 11 is 0. The third-order valence-corrected chi connectivity index (χ3v) is 3.49. The molecule has 1 amide bonds. The molecule has 1 aliphatic heterocycles. The molecule has 0 saturated carbocycles. The lowest BCUT2D eigenvalue weighted by Gasteiger charge is -2.29. The van der Waals surface area contributed by atoms with Gasteiger partial charge in [-0.25, -0.2) is 4.79 Å². The maximum absolute atomic E-state index is 12.1. The van der Waals surface area contributed by atoms with E-state index in [2.05, 4.69) is 0 Å². The number of hydrogen-bond donors (Lipinski definition) is 1. The minimum atomic E-state index is -0.986. The topological polar surface area (TPSA) is 66.8 Å². The van der Waals surface area contributed by atoms with Crippen LogP contribution in [0, 0.1) is 5.92 Å². The second-order valence-corrected chi connectivity index (χ2v) is 4.96. The fourth-order valence-electron chi connectivity index (χ4n) is 1.88. The monoisotopic (exact) mass is 243 g/mol. The van der Waals surface area contributed by atoms with Crippen LogP contribution in [0.1, 0.15) is 33.6 Å². The second kappa shape index (κ2) is 5.49. The van der Waals surface area contributed by atoms with Gasteiger partial charge in [-0.15, -0.1) is 0 Å². The molecule has 5 heteroatoms. The second-order valence-electron chi connectivity index (χ2n) is 4.96. The van der Waals surface area contributed by atoms with E-state index in [0.717, 1.165) is 0 Å². The summed E-state index contributed by atoms with van der Waals surface area (Å²) in [6.45, 7) is 6.07. The summed E-state index contributed by atoms with van der Waals surface area (Å²) in [5.41, 5.74) is 0. The van der Waals surface area contributed by atoms with E-state index in [1.165, 1.54) is 0 Å². The maximum atomic E-state index is 12.1. The number of carboxylic acids is 1. The van der Waals surface area contributed by atoms with Gasteiger partial charge in [0.2, 0.25) is 0 Å². The number of ether oxygens (including phenoxy) is 1. The first kappa shape index (κ1) is 14.0. The number of likely N-dealkylation sites (N-methyl/N-ethyl adjacent to an activating group) is 1. The molecule has 0 aliphatic carbocycles. The first-order chi connectivity index (χ1) is 7.84. The standard InChI is InChI=1S/C12H21NO4/c1-7(2)8(3)13(4)11(14)9-5-6-10(17-9)12(15)16/h7-10H,5-6H2,1-4H3,(H,15,16)/t8?,9-,10+/m0/s1. The van der Waals surface area contributed by atoms with Gasteiger partial charge >= 0.3 is 5.97 Å². The molecule has 0 spiro atoms. The Bertz CT molecular complexity index is 303. The molecule has 1 fully saturated rings. The zero-order valence-electron chi connectivity index (χ0n) is 10.8. The third kappa shape index (κ3) is 3.19. The van der Waals surface area contributed by atoms with Crippen molar-refractivity contribution in [1.82, 2.24) is 4.90 Å². The number of amides is 1. The number of carbonyl (C=O) groups is 2. The van der Waals surface area contributed by atoms with Crippen LogP contribution in [-0.4, -0.2) is 47.2 Å². The Balaban J connectivity index is 2.57. The van der Waals surface area contributed by atoms with Crippen LogP contribution in [0.4, 0.5) is 0 Å². The molecule has 1 saturated heterocycles. The Morgan fingerprint density at radius 3 is 2.18 bits per heavy atom. The summed E-state index contributed by atoms with van der Waals surface area (Å²) in [4.78, 5) is 24.5. The van der Waals surface area contributed by atoms with Gasteiger partial charge in [0.25, 0.3) is 5.91 Å². The predicted octanol–water partition coefficient (Wildman–Crippen LogP) is 1.12. The van der Waals surface area contributed by atoms with E-state index in [1.54, 1.807) is 11.9 Å². The largest absolute Gasteiger partial charge is 0.479 e. The number of rotatable bonds is 4. The van der Waals surface area contributed by atoms with Crippen molar-refractivity contribution in [3.8, 4) is 0 Å². The normalized spacial score (nSPS) is 25.9. The van der Waals surface area contributed by atoms with Gasteiger partial charge in [-0.05, 0) is 25.7 Å².